The fourth-order valence-corrected chi connectivity index (χ4v) is 2.14. The molecule has 0 amide bonds. The number of unbranched alkanes of at least 4 members (excludes halogenated alkanes) is 1. The van der Waals surface area contributed by atoms with Crippen LogP contribution in [0, 0.1) is 6.92 Å². The molecule has 0 saturated carbocycles. The fraction of sp³-hybridized carbons (Fsp3) is 0.389. The molecule has 0 fully saturated rings. The van der Waals surface area contributed by atoms with Crippen LogP contribution in [0.4, 0.5) is 17.5 Å². The summed E-state index contributed by atoms with van der Waals surface area (Å²) in [6, 6.07) is 8.97. The topological polar surface area (TPSA) is 76.1 Å². The van der Waals surface area contributed by atoms with Crippen LogP contribution in [0.3, 0.4) is 0 Å². The molecule has 1 aromatic heterocycles. The van der Waals surface area contributed by atoms with Crippen LogP contribution in [0.25, 0.3) is 0 Å². The highest BCUT2D eigenvalue weighted by Crippen LogP contribution is 2.17. The Kier molecular flexibility index (Phi) is 6.54. The van der Waals surface area contributed by atoms with Crippen molar-refractivity contribution in [2.75, 3.05) is 23.8 Å². The van der Waals surface area contributed by atoms with Crippen LogP contribution in [0.1, 0.15) is 42.7 Å². The largest absolute Gasteiger partial charge is 0.462 e. The van der Waals surface area contributed by atoms with Gasteiger partial charge in [-0.05, 0) is 44.5 Å². The maximum atomic E-state index is 11.7. The average molecular weight is 328 g/mol. The third-order valence-corrected chi connectivity index (χ3v) is 3.34. The Labute approximate surface area is 142 Å². The van der Waals surface area contributed by atoms with Gasteiger partial charge in [-0.25, -0.2) is 9.78 Å². The van der Waals surface area contributed by atoms with Crippen molar-refractivity contribution < 1.29 is 9.53 Å². The summed E-state index contributed by atoms with van der Waals surface area (Å²) < 4.78 is 4.97. The maximum absolute atomic E-state index is 11.7. The molecule has 0 radical (unpaired) electrons. The van der Waals surface area contributed by atoms with Crippen molar-refractivity contribution in [3.8, 4) is 0 Å². The molecule has 0 aliphatic heterocycles. The minimum atomic E-state index is -0.321. The van der Waals surface area contributed by atoms with Gasteiger partial charge in [-0.15, -0.1) is 0 Å². The lowest BCUT2D eigenvalue weighted by Gasteiger charge is -2.10. The zero-order valence-corrected chi connectivity index (χ0v) is 14.4. The minimum absolute atomic E-state index is 0.321. The number of hydrogen-bond acceptors (Lipinski definition) is 6. The van der Waals surface area contributed by atoms with E-state index in [0.717, 1.165) is 36.6 Å². The Balaban J connectivity index is 2.06. The number of ether oxygens (including phenoxy) is 1. The molecule has 2 aromatic rings. The van der Waals surface area contributed by atoms with E-state index in [1.165, 1.54) is 0 Å². The molecule has 6 heteroatoms. The molecule has 6 nitrogen and oxygen atoms in total. The van der Waals surface area contributed by atoms with Crippen molar-refractivity contribution >= 4 is 23.4 Å². The molecule has 0 atom stereocenters. The number of benzene rings is 1. The Hall–Kier alpha value is -2.63. The molecule has 2 rings (SSSR count). The molecule has 0 aliphatic rings. The van der Waals surface area contributed by atoms with Gasteiger partial charge in [0, 0.05) is 24.0 Å². The van der Waals surface area contributed by atoms with Gasteiger partial charge in [0.15, 0.2) is 0 Å². The van der Waals surface area contributed by atoms with Crippen molar-refractivity contribution in [2.24, 2.45) is 0 Å². The second-order valence-corrected chi connectivity index (χ2v) is 5.42. The first kappa shape index (κ1) is 17.7. The van der Waals surface area contributed by atoms with Crippen LogP contribution in [0.5, 0.6) is 0 Å². The monoisotopic (exact) mass is 328 g/mol. The normalized spacial score (nSPS) is 10.3. The molecular weight excluding hydrogens is 304 g/mol. The standard InChI is InChI=1S/C18H24N4O2/c1-4-6-11-19-16-12-13(3)20-18(22-16)21-15-9-7-14(8-10-15)17(23)24-5-2/h7-10,12H,4-6,11H2,1-3H3,(H2,19,20,21,22). The van der Waals surface area contributed by atoms with Crippen molar-refractivity contribution in [2.45, 2.75) is 33.6 Å². The van der Waals surface area contributed by atoms with E-state index < -0.39 is 0 Å². The third-order valence-electron chi connectivity index (χ3n) is 3.34. The fourth-order valence-electron chi connectivity index (χ4n) is 2.14. The summed E-state index contributed by atoms with van der Waals surface area (Å²) in [5.74, 6) is 1.01. The molecule has 2 N–H and O–H groups in total. The molecule has 0 saturated heterocycles. The Bertz CT molecular complexity index is 671. The van der Waals surface area contributed by atoms with E-state index in [9.17, 15) is 4.79 Å². The summed E-state index contributed by atoms with van der Waals surface area (Å²) in [5, 5.41) is 6.46. The number of carbonyl (C=O) groups excluding carboxylic acids is 1. The summed E-state index contributed by atoms with van der Waals surface area (Å²) in [4.78, 5) is 20.5. The highest BCUT2D eigenvalue weighted by molar-refractivity contribution is 5.89. The van der Waals surface area contributed by atoms with Crippen molar-refractivity contribution in [3.63, 3.8) is 0 Å². The highest BCUT2D eigenvalue weighted by Gasteiger charge is 2.07. The minimum Gasteiger partial charge on any atom is -0.462 e. The first-order valence-electron chi connectivity index (χ1n) is 8.26. The van der Waals surface area contributed by atoms with E-state index in [0.29, 0.717) is 18.1 Å². The average Bonchev–Trinajstić information content (AvgIpc) is 2.55. The van der Waals surface area contributed by atoms with Crippen molar-refractivity contribution in [1.29, 1.82) is 0 Å². The smallest absolute Gasteiger partial charge is 0.338 e. The van der Waals surface area contributed by atoms with Gasteiger partial charge in [0.1, 0.15) is 5.82 Å². The van der Waals surface area contributed by atoms with Gasteiger partial charge in [0.25, 0.3) is 0 Å². The summed E-state index contributed by atoms with van der Waals surface area (Å²) in [5.41, 5.74) is 2.22. The number of aromatic nitrogens is 2. The first-order chi connectivity index (χ1) is 11.6. The van der Waals surface area contributed by atoms with Gasteiger partial charge in [-0.1, -0.05) is 13.3 Å². The Morgan fingerprint density at radius 2 is 1.92 bits per heavy atom. The second kappa shape index (κ2) is 8.86. The van der Waals surface area contributed by atoms with Crippen LogP contribution in [-0.2, 0) is 4.74 Å². The zero-order valence-electron chi connectivity index (χ0n) is 14.4. The van der Waals surface area contributed by atoms with E-state index in [2.05, 4.69) is 27.5 Å². The Morgan fingerprint density at radius 3 is 2.58 bits per heavy atom. The predicted molar refractivity (Wildman–Crippen MR) is 95.8 cm³/mol. The summed E-state index contributed by atoms with van der Waals surface area (Å²) >= 11 is 0. The van der Waals surface area contributed by atoms with Crippen LogP contribution in [0.15, 0.2) is 30.3 Å². The first-order valence-corrected chi connectivity index (χ1v) is 8.26. The van der Waals surface area contributed by atoms with Gasteiger partial charge in [0.05, 0.1) is 12.2 Å². The number of carbonyl (C=O) groups is 1. The quantitative estimate of drug-likeness (QED) is 0.565. The van der Waals surface area contributed by atoms with Crippen molar-refractivity contribution in [3.05, 3.63) is 41.6 Å². The van der Waals surface area contributed by atoms with Crippen LogP contribution < -0.4 is 10.6 Å². The van der Waals surface area contributed by atoms with E-state index in [4.69, 9.17) is 4.74 Å². The van der Waals surface area contributed by atoms with Gasteiger partial charge >= 0.3 is 5.97 Å². The third kappa shape index (κ3) is 5.22. The lowest BCUT2D eigenvalue weighted by atomic mass is 10.2. The van der Waals surface area contributed by atoms with Crippen LogP contribution in [0.2, 0.25) is 0 Å². The molecule has 0 bridgehead atoms. The van der Waals surface area contributed by atoms with E-state index in [1.807, 2.05) is 25.1 Å². The number of anilines is 3. The van der Waals surface area contributed by atoms with E-state index in [-0.39, 0.29) is 5.97 Å². The summed E-state index contributed by atoms with van der Waals surface area (Å²) in [7, 11) is 0. The maximum Gasteiger partial charge on any atom is 0.338 e. The zero-order chi connectivity index (χ0) is 17.4. The molecule has 24 heavy (non-hydrogen) atoms. The molecule has 128 valence electrons. The van der Waals surface area contributed by atoms with Gasteiger partial charge in [-0.3, -0.25) is 0 Å². The number of hydrogen-bond donors (Lipinski definition) is 2. The van der Waals surface area contributed by atoms with E-state index >= 15 is 0 Å². The van der Waals surface area contributed by atoms with Crippen LogP contribution >= 0.6 is 0 Å². The van der Waals surface area contributed by atoms with E-state index in [1.54, 1.807) is 19.1 Å². The summed E-state index contributed by atoms with van der Waals surface area (Å²) in [6.07, 6.45) is 2.23. The summed E-state index contributed by atoms with van der Waals surface area (Å²) in [6.45, 7) is 7.13. The molecule has 1 aromatic carbocycles. The molecular formula is C18H24N4O2. The number of rotatable bonds is 8. The number of aryl methyl sites for hydroxylation is 1. The number of nitrogens with zero attached hydrogens (tertiary/aromatic N) is 2. The van der Waals surface area contributed by atoms with Gasteiger partial charge in [-0.2, -0.15) is 4.98 Å². The number of esters is 1. The lowest BCUT2D eigenvalue weighted by Crippen LogP contribution is -2.07. The SMILES string of the molecule is CCCCNc1cc(C)nc(Nc2ccc(C(=O)OCC)cc2)n1. The number of nitrogens with one attached hydrogen (secondary N) is 2. The predicted octanol–water partition coefficient (Wildman–Crippen LogP) is 3.92. The highest BCUT2D eigenvalue weighted by atomic mass is 16.5. The second-order valence-electron chi connectivity index (χ2n) is 5.42. The Morgan fingerprint density at radius 1 is 1.17 bits per heavy atom. The molecule has 0 unspecified atom stereocenters. The lowest BCUT2D eigenvalue weighted by molar-refractivity contribution is 0.0526. The van der Waals surface area contributed by atoms with Gasteiger partial charge < -0.3 is 15.4 Å². The van der Waals surface area contributed by atoms with Crippen LogP contribution in [-0.4, -0.2) is 29.1 Å². The molecule has 1 heterocycles. The molecule has 0 aliphatic carbocycles. The van der Waals surface area contributed by atoms with Crippen molar-refractivity contribution in [1.82, 2.24) is 9.97 Å². The molecule has 0 spiro atoms. The van der Waals surface area contributed by atoms with Gasteiger partial charge in [0.2, 0.25) is 5.95 Å².